The highest BCUT2D eigenvalue weighted by Crippen LogP contribution is 2.28. The van der Waals surface area contributed by atoms with E-state index < -0.39 is 0 Å². The largest absolute Gasteiger partial charge is 0.436 e. The SMILES string of the molecule is Cc1ncccc1Oc1nc(NN)nc2[nH]ncc12. The second-order valence-corrected chi connectivity index (χ2v) is 3.82. The highest BCUT2D eigenvalue weighted by atomic mass is 16.5. The van der Waals surface area contributed by atoms with Gasteiger partial charge in [0, 0.05) is 6.20 Å². The Morgan fingerprint density at radius 1 is 1.37 bits per heavy atom. The minimum atomic E-state index is 0.244. The van der Waals surface area contributed by atoms with Gasteiger partial charge in [0.1, 0.15) is 5.39 Å². The zero-order chi connectivity index (χ0) is 13.2. The highest BCUT2D eigenvalue weighted by Gasteiger charge is 2.12. The molecule has 0 aliphatic carbocycles. The number of anilines is 1. The fraction of sp³-hybridized carbons (Fsp3) is 0.0909. The zero-order valence-corrected chi connectivity index (χ0v) is 10.1. The number of H-pyrrole nitrogens is 1. The molecule has 0 atom stereocenters. The van der Waals surface area contributed by atoms with Crippen molar-refractivity contribution in [1.82, 2.24) is 25.1 Å². The molecule has 0 saturated heterocycles. The van der Waals surface area contributed by atoms with Crippen LogP contribution in [0.3, 0.4) is 0 Å². The number of aromatic amines is 1. The predicted octanol–water partition coefficient (Wildman–Crippen LogP) is 1.13. The summed E-state index contributed by atoms with van der Waals surface area (Å²) >= 11 is 0. The Balaban J connectivity index is 2.09. The number of nitrogens with one attached hydrogen (secondary N) is 2. The summed E-state index contributed by atoms with van der Waals surface area (Å²) in [5, 5.41) is 7.32. The van der Waals surface area contributed by atoms with Gasteiger partial charge >= 0.3 is 0 Å². The summed E-state index contributed by atoms with van der Waals surface area (Å²) in [5.74, 6) is 6.55. The van der Waals surface area contributed by atoms with Crippen molar-refractivity contribution in [2.45, 2.75) is 6.92 Å². The Morgan fingerprint density at radius 2 is 2.26 bits per heavy atom. The monoisotopic (exact) mass is 257 g/mol. The minimum Gasteiger partial charge on any atom is -0.436 e. The third-order valence-corrected chi connectivity index (χ3v) is 2.57. The molecule has 0 aliphatic rings. The second kappa shape index (κ2) is 4.50. The Morgan fingerprint density at radius 3 is 3.05 bits per heavy atom. The number of ether oxygens (including phenoxy) is 1. The molecule has 0 unspecified atom stereocenters. The Kier molecular flexibility index (Phi) is 2.69. The molecular formula is C11H11N7O. The molecule has 0 fully saturated rings. The second-order valence-electron chi connectivity index (χ2n) is 3.82. The number of hydrogen-bond donors (Lipinski definition) is 3. The predicted molar refractivity (Wildman–Crippen MR) is 68.5 cm³/mol. The van der Waals surface area contributed by atoms with Crippen molar-refractivity contribution in [3.05, 3.63) is 30.2 Å². The van der Waals surface area contributed by atoms with Crippen molar-refractivity contribution in [3.8, 4) is 11.6 Å². The summed E-state index contributed by atoms with van der Waals surface area (Å²) in [7, 11) is 0. The molecule has 0 radical (unpaired) electrons. The number of nitrogens with zero attached hydrogens (tertiary/aromatic N) is 4. The molecule has 8 nitrogen and oxygen atoms in total. The summed E-state index contributed by atoms with van der Waals surface area (Å²) < 4.78 is 5.75. The van der Waals surface area contributed by atoms with E-state index in [1.807, 2.05) is 13.0 Å². The van der Waals surface area contributed by atoms with Crippen molar-refractivity contribution < 1.29 is 4.74 Å². The lowest BCUT2D eigenvalue weighted by Crippen LogP contribution is -2.11. The molecule has 0 bridgehead atoms. The van der Waals surface area contributed by atoms with Crippen molar-refractivity contribution in [3.63, 3.8) is 0 Å². The fourth-order valence-corrected chi connectivity index (χ4v) is 1.63. The van der Waals surface area contributed by atoms with E-state index in [1.165, 1.54) is 0 Å². The van der Waals surface area contributed by atoms with Gasteiger partial charge in [-0.2, -0.15) is 15.1 Å². The van der Waals surface area contributed by atoms with Gasteiger partial charge in [-0.25, -0.2) is 5.84 Å². The van der Waals surface area contributed by atoms with Crippen LogP contribution in [-0.2, 0) is 0 Å². The van der Waals surface area contributed by atoms with E-state index in [4.69, 9.17) is 10.6 Å². The lowest BCUT2D eigenvalue weighted by Gasteiger charge is -2.08. The number of fused-ring (bicyclic) bond motifs is 1. The van der Waals surface area contributed by atoms with Gasteiger partial charge in [-0.1, -0.05) is 0 Å². The van der Waals surface area contributed by atoms with Crippen LogP contribution in [-0.4, -0.2) is 25.1 Å². The molecule has 3 aromatic heterocycles. The van der Waals surface area contributed by atoms with Crippen LogP contribution in [0.25, 0.3) is 11.0 Å². The number of aryl methyl sites for hydroxylation is 1. The van der Waals surface area contributed by atoms with E-state index in [1.54, 1.807) is 18.5 Å². The summed E-state index contributed by atoms with van der Waals surface area (Å²) in [6, 6.07) is 3.60. The van der Waals surface area contributed by atoms with E-state index in [0.29, 0.717) is 22.7 Å². The molecular weight excluding hydrogens is 246 g/mol. The fourth-order valence-electron chi connectivity index (χ4n) is 1.63. The molecule has 96 valence electrons. The van der Waals surface area contributed by atoms with Gasteiger partial charge in [-0.05, 0) is 19.1 Å². The number of aromatic nitrogens is 5. The van der Waals surface area contributed by atoms with Crippen molar-refractivity contribution >= 4 is 17.0 Å². The molecule has 0 amide bonds. The molecule has 3 heterocycles. The Labute approximate surface area is 108 Å². The minimum absolute atomic E-state index is 0.244. The Bertz CT molecular complexity index is 724. The van der Waals surface area contributed by atoms with Crippen LogP contribution in [0.5, 0.6) is 11.6 Å². The molecule has 0 saturated carbocycles. The van der Waals surface area contributed by atoms with Gasteiger partial charge in [0.25, 0.3) is 0 Å². The van der Waals surface area contributed by atoms with Gasteiger partial charge in [0.05, 0.1) is 11.9 Å². The first kappa shape index (κ1) is 11.4. The first-order chi connectivity index (χ1) is 9.28. The van der Waals surface area contributed by atoms with Crippen LogP contribution in [0, 0.1) is 6.92 Å². The smallest absolute Gasteiger partial charge is 0.242 e. The summed E-state index contributed by atoms with van der Waals surface area (Å²) in [5.41, 5.74) is 3.69. The quantitative estimate of drug-likeness (QED) is 0.476. The van der Waals surface area contributed by atoms with Crippen LogP contribution < -0.4 is 16.0 Å². The normalized spacial score (nSPS) is 10.6. The molecule has 0 aliphatic heterocycles. The Hall–Kier alpha value is -2.74. The van der Waals surface area contributed by atoms with E-state index >= 15 is 0 Å². The van der Waals surface area contributed by atoms with Crippen molar-refractivity contribution in [1.29, 1.82) is 0 Å². The standard InChI is InChI=1S/C11H11N7O/c1-6-8(3-2-4-13-6)19-10-7-5-14-18-9(7)15-11(16-10)17-12/h2-5H,12H2,1H3,(H2,14,15,16,17,18). The number of rotatable bonds is 3. The van der Waals surface area contributed by atoms with Gasteiger partial charge in [-0.15, -0.1) is 0 Å². The topological polar surface area (TPSA) is 115 Å². The average molecular weight is 257 g/mol. The molecule has 4 N–H and O–H groups in total. The molecule has 0 spiro atoms. The first-order valence-electron chi connectivity index (χ1n) is 5.55. The van der Waals surface area contributed by atoms with E-state index in [-0.39, 0.29) is 5.95 Å². The summed E-state index contributed by atoms with van der Waals surface area (Å²) in [6.45, 7) is 1.85. The molecule has 3 rings (SSSR count). The molecule has 19 heavy (non-hydrogen) atoms. The van der Waals surface area contributed by atoms with E-state index in [0.717, 1.165) is 5.69 Å². The maximum Gasteiger partial charge on any atom is 0.242 e. The molecule has 8 heteroatoms. The molecule has 3 aromatic rings. The van der Waals surface area contributed by atoms with Gasteiger partial charge in [-0.3, -0.25) is 15.5 Å². The lowest BCUT2D eigenvalue weighted by atomic mass is 10.3. The zero-order valence-electron chi connectivity index (χ0n) is 10.1. The third kappa shape index (κ3) is 2.04. The number of pyridine rings is 1. The van der Waals surface area contributed by atoms with Crippen LogP contribution in [0.1, 0.15) is 5.69 Å². The van der Waals surface area contributed by atoms with Crippen LogP contribution in [0.15, 0.2) is 24.5 Å². The van der Waals surface area contributed by atoms with Crippen LogP contribution >= 0.6 is 0 Å². The van der Waals surface area contributed by atoms with E-state index in [2.05, 4.69) is 30.6 Å². The summed E-state index contributed by atoms with van der Waals surface area (Å²) in [4.78, 5) is 12.4. The van der Waals surface area contributed by atoms with Crippen LogP contribution in [0.4, 0.5) is 5.95 Å². The maximum absolute atomic E-state index is 5.75. The van der Waals surface area contributed by atoms with Crippen molar-refractivity contribution in [2.75, 3.05) is 5.43 Å². The number of hydrazine groups is 1. The highest BCUT2D eigenvalue weighted by molar-refractivity contribution is 5.80. The number of nitrogen functional groups attached to an aromatic ring is 1. The van der Waals surface area contributed by atoms with Gasteiger partial charge in [0.15, 0.2) is 11.4 Å². The third-order valence-electron chi connectivity index (χ3n) is 2.57. The van der Waals surface area contributed by atoms with Gasteiger partial charge in [0.2, 0.25) is 11.8 Å². The average Bonchev–Trinajstić information content (AvgIpc) is 2.89. The van der Waals surface area contributed by atoms with Gasteiger partial charge < -0.3 is 4.74 Å². The van der Waals surface area contributed by atoms with Crippen molar-refractivity contribution in [2.24, 2.45) is 5.84 Å². The lowest BCUT2D eigenvalue weighted by molar-refractivity contribution is 0.462. The number of hydrogen-bond acceptors (Lipinski definition) is 7. The first-order valence-corrected chi connectivity index (χ1v) is 5.55. The maximum atomic E-state index is 5.75. The molecule has 0 aromatic carbocycles. The van der Waals surface area contributed by atoms with Crippen LogP contribution in [0.2, 0.25) is 0 Å². The van der Waals surface area contributed by atoms with E-state index in [9.17, 15) is 0 Å². The summed E-state index contributed by atoms with van der Waals surface area (Å²) in [6.07, 6.45) is 3.29. The number of nitrogens with two attached hydrogens (primary N) is 1.